The Morgan fingerprint density at radius 2 is 2.06 bits per heavy atom. The van der Waals surface area contributed by atoms with Crippen LogP contribution in [0.2, 0.25) is 0 Å². The standard InChI is InChI=1S/C12H12O3S/c1-9-5-11(15-12(13)6-9)8-16-7-10-3-2-4-14-10/h2-6H,7-8H2,1H3. The minimum absolute atomic E-state index is 0.284. The highest BCUT2D eigenvalue weighted by Gasteiger charge is 2.01. The highest BCUT2D eigenvalue weighted by molar-refractivity contribution is 7.97. The van der Waals surface area contributed by atoms with Gasteiger partial charge in [0.05, 0.1) is 17.8 Å². The van der Waals surface area contributed by atoms with Crippen LogP contribution in [-0.4, -0.2) is 0 Å². The second-order valence-corrected chi connectivity index (χ2v) is 4.48. The number of thioether (sulfide) groups is 1. The fraction of sp³-hybridized carbons (Fsp3) is 0.250. The second kappa shape index (κ2) is 5.07. The van der Waals surface area contributed by atoms with Crippen molar-refractivity contribution in [1.29, 1.82) is 0 Å². The van der Waals surface area contributed by atoms with Crippen molar-refractivity contribution in [2.24, 2.45) is 0 Å². The maximum atomic E-state index is 11.1. The average molecular weight is 236 g/mol. The van der Waals surface area contributed by atoms with Gasteiger partial charge in [-0.1, -0.05) is 0 Å². The Bertz CT molecular complexity index is 499. The van der Waals surface area contributed by atoms with E-state index >= 15 is 0 Å². The van der Waals surface area contributed by atoms with E-state index in [1.54, 1.807) is 18.0 Å². The lowest BCUT2D eigenvalue weighted by Crippen LogP contribution is -1.99. The highest BCUT2D eigenvalue weighted by Crippen LogP contribution is 2.17. The molecule has 0 saturated heterocycles. The first-order valence-corrected chi connectivity index (χ1v) is 6.10. The molecule has 84 valence electrons. The number of rotatable bonds is 4. The Hall–Kier alpha value is -1.42. The molecule has 0 radical (unpaired) electrons. The molecule has 2 heterocycles. The summed E-state index contributed by atoms with van der Waals surface area (Å²) in [6, 6.07) is 7.17. The van der Waals surface area contributed by atoms with Crippen molar-refractivity contribution in [3.63, 3.8) is 0 Å². The molecular formula is C12H12O3S. The van der Waals surface area contributed by atoms with E-state index < -0.39 is 0 Å². The van der Waals surface area contributed by atoms with E-state index in [9.17, 15) is 4.79 Å². The lowest BCUT2D eigenvalue weighted by molar-refractivity contribution is 0.475. The van der Waals surface area contributed by atoms with Crippen LogP contribution >= 0.6 is 11.8 Å². The van der Waals surface area contributed by atoms with Crippen LogP contribution in [0.4, 0.5) is 0 Å². The van der Waals surface area contributed by atoms with Crippen LogP contribution in [0.1, 0.15) is 17.1 Å². The Kier molecular flexibility index (Phi) is 3.51. The predicted molar refractivity (Wildman–Crippen MR) is 63.4 cm³/mol. The fourth-order valence-electron chi connectivity index (χ4n) is 1.39. The summed E-state index contributed by atoms with van der Waals surface area (Å²) < 4.78 is 10.3. The molecule has 0 bridgehead atoms. The predicted octanol–water partition coefficient (Wildman–Crippen LogP) is 2.97. The molecule has 0 aliphatic carbocycles. The first-order valence-electron chi connectivity index (χ1n) is 4.95. The largest absolute Gasteiger partial charge is 0.468 e. The van der Waals surface area contributed by atoms with Gasteiger partial charge in [0, 0.05) is 6.07 Å². The third-order valence-electron chi connectivity index (χ3n) is 2.03. The summed E-state index contributed by atoms with van der Waals surface area (Å²) in [5, 5.41) is 0. The van der Waals surface area contributed by atoms with Gasteiger partial charge in [0.25, 0.3) is 0 Å². The van der Waals surface area contributed by atoms with Gasteiger partial charge < -0.3 is 8.83 Å². The third-order valence-corrected chi connectivity index (χ3v) is 3.01. The topological polar surface area (TPSA) is 43.4 Å². The van der Waals surface area contributed by atoms with Gasteiger partial charge in [-0.15, -0.1) is 11.8 Å². The molecule has 4 heteroatoms. The molecule has 0 aliphatic heterocycles. The number of furan rings is 1. The van der Waals surface area contributed by atoms with E-state index in [-0.39, 0.29) is 5.63 Å². The molecule has 0 amide bonds. The number of hydrogen-bond acceptors (Lipinski definition) is 4. The van der Waals surface area contributed by atoms with Crippen LogP contribution in [0, 0.1) is 6.92 Å². The molecule has 16 heavy (non-hydrogen) atoms. The molecule has 0 spiro atoms. The Morgan fingerprint density at radius 3 is 2.75 bits per heavy atom. The van der Waals surface area contributed by atoms with E-state index in [2.05, 4.69) is 0 Å². The summed E-state index contributed by atoms with van der Waals surface area (Å²) in [6.45, 7) is 1.89. The maximum absolute atomic E-state index is 11.1. The molecule has 2 aromatic rings. The molecule has 0 saturated carbocycles. The molecule has 0 aromatic carbocycles. The first kappa shape index (κ1) is 11.1. The van der Waals surface area contributed by atoms with E-state index in [0.29, 0.717) is 11.5 Å². The zero-order valence-corrected chi connectivity index (χ0v) is 9.75. The number of hydrogen-bond donors (Lipinski definition) is 0. The molecule has 0 unspecified atom stereocenters. The summed E-state index contributed by atoms with van der Waals surface area (Å²) in [5.74, 6) is 3.10. The summed E-state index contributed by atoms with van der Waals surface area (Å²) in [7, 11) is 0. The molecular weight excluding hydrogens is 224 g/mol. The SMILES string of the molecule is Cc1cc(CSCc2ccco2)oc(=O)c1. The van der Waals surface area contributed by atoms with Crippen molar-refractivity contribution < 1.29 is 8.83 Å². The summed E-state index contributed by atoms with van der Waals surface area (Å²) in [6.07, 6.45) is 1.66. The molecule has 2 rings (SSSR count). The molecule has 0 N–H and O–H groups in total. The quantitative estimate of drug-likeness (QED) is 0.818. The summed E-state index contributed by atoms with van der Waals surface area (Å²) in [4.78, 5) is 11.1. The van der Waals surface area contributed by atoms with Crippen LogP contribution < -0.4 is 5.63 Å². The summed E-state index contributed by atoms with van der Waals surface area (Å²) in [5.41, 5.74) is 0.651. The van der Waals surface area contributed by atoms with Gasteiger partial charge in [0.2, 0.25) is 0 Å². The molecule has 0 atom stereocenters. The minimum Gasteiger partial charge on any atom is -0.468 e. The zero-order chi connectivity index (χ0) is 11.4. The van der Waals surface area contributed by atoms with Gasteiger partial charge in [0.15, 0.2) is 0 Å². The van der Waals surface area contributed by atoms with Gasteiger partial charge in [-0.25, -0.2) is 4.79 Å². The van der Waals surface area contributed by atoms with Crippen molar-refractivity contribution in [3.8, 4) is 0 Å². The molecule has 0 fully saturated rings. The van der Waals surface area contributed by atoms with Crippen molar-refractivity contribution in [2.75, 3.05) is 0 Å². The van der Waals surface area contributed by atoms with Crippen molar-refractivity contribution >= 4 is 11.8 Å². The molecule has 2 aromatic heterocycles. The van der Waals surface area contributed by atoms with Gasteiger partial charge in [-0.05, 0) is 30.7 Å². The Labute approximate surface area is 97.5 Å². The smallest absolute Gasteiger partial charge is 0.336 e. The van der Waals surface area contributed by atoms with Crippen molar-refractivity contribution in [2.45, 2.75) is 18.4 Å². The first-order chi connectivity index (χ1) is 7.74. The lowest BCUT2D eigenvalue weighted by Gasteiger charge is -2.00. The van der Waals surface area contributed by atoms with E-state index in [1.807, 2.05) is 25.1 Å². The number of aryl methyl sites for hydroxylation is 1. The highest BCUT2D eigenvalue weighted by atomic mass is 32.2. The van der Waals surface area contributed by atoms with E-state index in [0.717, 1.165) is 17.1 Å². The van der Waals surface area contributed by atoms with Gasteiger partial charge in [-0.2, -0.15) is 0 Å². The minimum atomic E-state index is -0.284. The molecule has 3 nitrogen and oxygen atoms in total. The van der Waals surface area contributed by atoms with Crippen LogP contribution in [-0.2, 0) is 11.5 Å². The van der Waals surface area contributed by atoms with Gasteiger partial charge >= 0.3 is 5.63 Å². The Morgan fingerprint density at radius 1 is 1.25 bits per heavy atom. The van der Waals surface area contributed by atoms with E-state index in [4.69, 9.17) is 8.83 Å². The Balaban J connectivity index is 1.92. The fourth-order valence-corrected chi connectivity index (χ4v) is 2.20. The van der Waals surface area contributed by atoms with Crippen LogP contribution in [0.3, 0.4) is 0 Å². The van der Waals surface area contributed by atoms with Gasteiger partial charge in [0.1, 0.15) is 11.5 Å². The van der Waals surface area contributed by atoms with E-state index in [1.165, 1.54) is 6.07 Å². The molecule has 0 aliphatic rings. The van der Waals surface area contributed by atoms with Gasteiger partial charge in [-0.3, -0.25) is 0 Å². The van der Waals surface area contributed by atoms with Crippen LogP contribution in [0.15, 0.2) is 44.2 Å². The van der Waals surface area contributed by atoms with Crippen molar-refractivity contribution in [1.82, 2.24) is 0 Å². The zero-order valence-electron chi connectivity index (χ0n) is 8.93. The maximum Gasteiger partial charge on any atom is 0.336 e. The average Bonchev–Trinajstić information content (AvgIpc) is 2.69. The monoisotopic (exact) mass is 236 g/mol. The normalized spacial score (nSPS) is 10.6. The second-order valence-electron chi connectivity index (χ2n) is 3.49. The van der Waals surface area contributed by atoms with Crippen molar-refractivity contribution in [3.05, 3.63) is 58.0 Å². The third kappa shape index (κ3) is 3.03. The lowest BCUT2D eigenvalue weighted by atomic mass is 10.3. The summed E-state index contributed by atoms with van der Waals surface area (Å²) >= 11 is 1.66. The van der Waals surface area contributed by atoms with Crippen LogP contribution in [0.25, 0.3) is 0 Å². The van der Waals surface area contributed by atoms with Crippen LogP contribution in [0.5, 0.6) is 0 Å².